The Morgan fingerprint density at radius 3 is 1.87 bits per heavy atom. The first-order valence-electron chi connectivity index (χ1n) is 7.45. The van der Waals surface area contributed by atoms with Crippen LogP contribution in [-0.2, 0) is 16.0 Å². The third kappa shape index (κ3) is 4.66. The molecule has 5 heteroatoms. The van der Waals surface area contributed by atoms with Crippen molar-refractivity contribution in [2.75, 3.05) is 6.61 Å². The number of hydrogen-bond donors (Lipinski definition) is 1. The zero-order valence-electron chi connectivity index (χ0n) is 14.6. The largest absolute Gasteiger partial charge is 0.426 e. The Kier molecular flexibility index (Phi) is 6.51. The number of ether oxygens (including phenoxy) is 2. The lowest BCUT2D eigenvalue weighted by atomic mass is 9.94. The van der Waals surface area contributed by atoms with Crippen LogP contribution in [0.2, 0.25) is 0 Å². The van der Waals surface area contributed by atoms with Crippen LogP contribution in [0.3, 0.4) is 0 Å². The van der Waals surface area contributed by atoms with Gasteiger partial charge in [-0.3, -0.25) is 9.59 Å². The van der Waals surface area contributed by atoms with E-state index >= 15 is 0 Å². The molecule has 1 aromatic carbocycles. The molecule has 0 heterocycles. The highest BCUT2D eigenvalue weighted by Crippen LogP contribution is 2.38. The summed E-state index contributed by atoms with van der Waals surface area (Å²) in [4.78, 5) is 22.8. The average Bonchev–Trinajstić information content (AvgIpc) is 2.47. The van der Waals surface area contributed by atoms with Crippen molar-refractivity contribution in [3.05, 3.63) is 33.9 Å². The standard InChI is InChI=1S/C18H24O5/c1-10(9-19)7-8-16-13(4)17(22-14(5)20)11(2)12(3)18(16)23-15(6)21/h7,19H,8-9H2,1-6H3. The van der Waals surface area contributed by atoms with E-state index in [1.807, 2.05) is 33.8 Å². The number of aliphatic hydroxyl groups excluding tert-OH is 1. The minimum Gasteiger partial charge on any atom is -0.426 e. The molecule has 0 fully saturated rings. The van der Waals surface area contributed by atoms with Gasteiger partial charge in [0.2, 0.25) is 0 Å². The maximum absolute atomic E-state index is 11.4. The van der Waals surface area contributed by atoms with Crippen molar-refractivity contribution in [2.24, 2.45) is 0 Å². The summed E-state index contributed by atoms with van der Waals surface area (Å²) in [5, 5.41) is 9.15. The van der Waals surface area contributed by atoms with Crippen molar-refractivity contribution in [1.82, 2.24) is 0 Å². The lowest BCUT2D eigenvalue weighted by molar-refractivity contribution is -0.133. The SMILES string of the molecule is CC(=O)Oc1c(C)c(C)c(OC(C)=O)c(CC=C(C)CO)c1C. The number of rotatable bonds is 5. The van der Waals surface area contributed by atoms with Crippen LogP contribution >= 0.6 is 0 Å². The highest BCUT2D eigenvalue weighted by molar-refractivity contribution is 5.74. The van der Waals surface area contributed by atoms with Crippen molar-refractivity contribution >= 4 is 11.9 Å². The number of allylic oxidation sites excluding steroid dienone is 1. The summed E-state index contributed by atoms with van der Waals surface area (Å²) in [5.74, 6) is 0.182. The first kappa shape index (κ1) is 18.9. The number of aliphatic hydroxyl groups is 1. The third-order valence-corrected chi connectivity index (χ3v) is 3.71. The Balaban J connectivity index is 3.55. The van der Waals surface area contributed by atoms with E-state index in [-0.39, 0.29) is 6.61 Å². The molecular formula is C18H24O5. The fourth-order valence-corrected chi connectivity index (χ4v) is 2.32. The molecule has 0 amide bonds. The quantitative estimate of drug-likeness (QED) is 0.513. The van der Waals surface area contributed by atoms with Gasteiger partial charge in [0.15, 0.2) is 0 Å². The van der Waals surface area contributed by atoms with Crippen molar-refractivity contribution < 1.29 is 24.2 Å². The minimum atomic E-state index is -0.406. The summed E-state index contributed by atoms with van der Waals surface area (Å²) in [5.41, 5.74) is 3.85. The van der Waals surface area contributed by atoms with E-state index in [1.54, 1.807) is 0 Å². The molecule has 0 bridgehead atoms. The van der Waals surface area contributed by atoms with E-state index < -0.39 is 11.9 Å². The van der Waals surface area contributed by atoms with Crippen LogP contribution in [0.1, 0.15) is 43.0 Å². The van der Waals surface area contributed by atoms with Crippen LogP contribution in [0.25, 0.3) is 0 Å². The van der Waals surface area contributed by atoms with Crippen molar-refractivity contribution in [2.45, 2.75) is 48.0 Å². The summed E-state index contributed by atoms with van der Waals surface area (Å²) in [6, 6.07) is 0. The van der Waals surface area contributed by atoms with Crippen molar-refractivity contribution in [1.29, 1.82) is 0 Å². The van der Waals surface area contributed by atoms with E-state index in [2.05, 4.69) is 0 Å². The third-order valence-electron chi connectivity index (χ3n) is 3.71. The first-order valence-corrected chi connectivity index (χ1v) is 7.45. The summed E-state index contributed by atoms with van der Waals surface area (Å²) in [7, 11) is 0. The summed E-state index contributed by atoms with van der Waals surface area (Å²) < 4.78 is 10.7. The van der Waals surface area contributed by atoms with Crippen LogP contribution in [0.15, 0.2) is 11.6 Å². The molecule has 0 unspecified atom stereocenters. The lowest BCUT2D eigenvalue weighted by Crippen LogP contribution is -2.12. The number of carbonyl (C=O) groups is 2. The van der Waals surface area contributed by atoms with E-state index in [9.17, 15) is 9.59 Å². The Morgan fingerprint density at radius 2 is 1.39 bits per heavy atom. The predicted octanol–water partition coefficient (Wildman–Crippen LogP) is 2.94. The number of carbonyl (C=O) groups excluding carboxylic acids is 2. The second kappa shape index (κ2) is 7.92. The van der Waals surface area contributed by atoms with Crippen molar-refractivity contribution in [3.8, 4) is 11.5 Å². The minimum absolute atomic E-state index is 0.0381. The Labute approximate surface area is 136 Å². The molecule has 0 aliphatic heterocycles. The van der Waals surface area contributed by atoms with E-state index in [0.717, 1.165) is 27.8 Å². The maximum atomic E-state index is 11.4. The van der Waals surface area contributed by atoms with Gasteiger partial charge in [0.25, 0.3) is 0 Å². The molecule has 0 aliphatic rings. The van der Waals surface area contributed by atoms with Crippen LogP contribution in [0, 0.1) is 20.8 Å². The molecule has 5 nitrogen and oxygen atoms in total. The van der Waals surface area contributed by atoms with Gasteiger partial charge in [-0.15, -0.1) is 0 Å². The maximum Gasteiger partial charge on any atom is 0.308 e. The molecule has 0 aliphatic carbocycles. The highest BCUT2D eigenvalue weighted by Gasteiger charge is 2.21. The smallest absolute Gasteiger partial charge is 0.308 e. The molecule has 1 N–H and O–H groups in total. The summed E-state index contributed by atoms with van der Waals surface area (Å²) in [6.07, 6.45) is 2.33. The predicted molar refractivity (Wildman–Crippen MR) is 87.8 cm³/mol. The van der Waals surface area contributed by atoms with Gasteiger partial charge < -0.3 is 14.6 Å². The van der Waals surface area contributed by atoms with Gasteiger partial charge in [-0.2, -0.15) is 0 Å². The molecular weight excluding hydrogens is 296 g/mol. The summed E-state index contributed by atoms with van der Waals surface area (Å²) in [6.45, 7) is 9.96. The molecule has 126 valence electrons. The monoisotopic (exact) mass is 320 g/mol. The molecule has 1 aromatic rings. The topological polar surface area (TPSA) is 72.8 Å². The van der Waals surface area contributed by atoms with Gasteiger partial charge in [-0.05, 0) is 50.8 Å². The van der Waals surface area contributed by atoms with Crippen LogP contribution in [0.5, 0.6) is 11.5 Å². The van der Waals surface area contributed by atoms with Gasteiger partial charge in [0.1, 0.15) is 11.5 Å². The second-order valence-corrected chi connectivity index (χ2v) is 5.61. The average molecular weight is 320 g/mol. The van der Waals surface area contributed by atoms with E-state index in [0.29, 0.717) is 17.9 Å². The lowest BCUT2D eigenvalue weighted by Gasteiger charge is -2.20. The number of benzene rings is 1. The van der Waals surface area contributed by atoms with Crippen molar-refractivity contribution in [3.63, 3.8) is 0 Å². The molecule has 0 spiro atoms. The molecule has 1 rings (SSSR count). The number of esters is 2. The first-order chi connectivity index (χ1) is 10.7. The second-order valence-electron chi connectivity index (χ2n) is 5.61. The van der Waals surface area contributed by atoms with E-state index in [1.165, 1.54) is 13.8 Å². The molecule has 0 saturated carbocycles. The summed E-state index contributed by atoms with van der Waals surface area (Å²) >= 11 is 0. The highest BCUT2D eigenvalue weighted by atomic mass is 16.5. The molecule has 0 saturated heterocycles. The van der Waals surface area contributed by atoms with Crippen LogP contribution < -0.4 is 9.47 Å². The van der Waals surface area contributed by atoms with Crippen LogP contribution in [0.4, 0.5) is 0 Å². The Bertz CT molecular complexity index is 656. The fraction of sp³-hybridized carbons (Fsp3) is 0.444. The zero-order chi connectivity index (χ0) is 17.7. The van der Waals surface area contributed by atoms with Gasteiger partial charge in [-0.1, -0.05) is 11.6 Å². The normalized spacial score (nSPS) is 11.3. The molecule has 0 radical (unpaired) electrons. The number of hydrogen-bond acceptors (Lipinski definition) is 5. The zero-order valence-corrected chi connectivity index (χ0v) is 14.6. The molecule has 0 aromatic heterocycles. The Hall–Kier alpha value is -2.14. The molecule has 0 atom stereocenters. The molecule has 23 heavy (non-hydrogen) atoms. The van der Waals surface area contributed by atoms with Crippen LogP contribution in [-0.4, -0.2) is 23.7 Å². The van der Waals surface area contributed by atoms with Gasteiger partial charge in [-0.25, -0.2) is 0 Å². The van der Waals surface area contributed by atoms with Gasteiger partial charge >= 0.3 is 11.9 Å². The fourth-order valence-electron chi connectivity index (χ4n) is 2.32. The van der Waals surface area contributed by atoms with Gasteiger partial charge in [0.05, 0.1) is 6.61 Å². The van der Waals surface area contributed by atoms with Gasteiger partial charge in [0, 0.05) is 19.4 Å². The van der Waals surface area contributed by atoms with E-state index in [4.69, 9.17) is 14.6 Å². The Morgan fingerprint density at radius 1 is 0.913 bits per heavy atom.